The van der Waals surface area contributed by atoms with Crippen LogP contribution >= 0.6 is 11.3 Å². The molecular weight excluding hydrogens is 334 g/mol. The fraction of sp³-hybridized carbons (Fsp3) is 0.632. The Labute approximate surface area is 155 Å². The fourth-order valence-electron chi connectivity index (χ4n) is 2.44. The molecule has 2 amide bonds. The van der Waals surface area contributed by atoms with E-state index in [1.807, 2.05) is 17.5 Å². The summed E-state index contributed by atoms with van der Waals surface area (Å²) in [6, 6.07) is 3.83. The topological polar surface area (TPSA) is 70.6 Å². The highest BCUT2D eigenvalue weighted by Crippen LogP contribution is 2.10. The normalized spacial score (nSPS) is 10.9. The lowest BCUT2D eigenvalue weighted by Crippen LogP contribution is -2.34. The lowest BCUT2D eigenvalue weighted by atomic mass is 10.1. The molecule has 1 rings (SSSR count). The number of hydrogen-bond donors (Lipinski definition) is 2. The minimum Gasteiger partial charge on any atom is -0.347 e. The fourth-order valence-corrected chi connectivity index (χ4v) is 3.02. The van der Waals surface area contributed by atoms with Crippen LogP contribution in [-0.2, 0) is 9.59 Å². The summed E-state index contributed by atoms with van der Waals surface area (Å²) in [5.74, 6) is -0.381. The zero-order valence-electron chi connectivity index (χ0n) is 15.3. The Balaban J connectivity index is 1.93. The highest BCUT2D eigenvalue weighted by atomic mass is 32.1. The maximum absolute atomic E-state index is 11.7. The Morgan fingerprint density at radius 2 is 1.72 bits per heavy atom. The van der Waals surface area contributed by atoms with Gasteiger partial charge in [0.05, 0.1) is 12.8 Å². The molecule has 0 aliphatic rings. The Kier molecular flexibility index (Phi) is 12.5. The molecule has 1 heterocycles. The van der Waals surface area contributed by atoms with Crippen molar-refractivity contribution in [3.63, 3.8) is 0 Å². The van der Waals surface area contributed by atoms with Crippen LogP contribution in [0.1, 0.15) is 76.0 Å². The number of thiophene rings is 1. The minimum absolute atomic E-state index is 0.0297. The smallest absolute Gasteiger partial charge is 0.259 e. The van der Waals surface area contributed by atoms with E-state index in [0.717, 1.165) is 17.7 Å². The third-order valence-corrected chi connectivity index (χ3v) is 4.68. The lowest BCUT2D eigenvalue weighted by molar-refractivity contribution is -0.126. The van der Waals surface area contributed by atoms with Crippen molar-refractivity contribution in [1.29, 1.82) is 0 Å². The number of carbonyl (C=O) groups excluding carboxylic acids is 2. The predicted molar refractivity (Wildman–Crippen MR) is 105 cm³/mol. The van der Waals surface area contributed by atoms with Crippen LogP contribution < -0.4 is 10.7 Å². The summed E-state index contributed by atoms with van der Waals surface area (Å²) in [5, 5.41) is 8.42. The number of hydrazone groups is 1. The third-order valence-electron chi connectivity index (χ3n) is 3.88. The van der Waals surface area contributed by atoms with Gasteiger partial charge >= 0.3 is 0 Å². The van der Waals surface area contributed by atoms with Gasteiger partial charge in [0.15, 0.2) is 0 Å². The van der Waals surface area contributed by atoms with Gasteiger partial charge in [0.2, 0.25) is 5.91 Å². The molecule has 0 aliphatic heterocycles. The van der Waals surface area contributed by atoms with E-state index in [1.165, 1.54) is 44.9 Å². The number of unbranched alkanes of at least 4 members (excludes halogenated alkanes) is 8. The van der Waals surface area contributed by atoms with Crippen molar-refractivity contribution >= 4 is 29.4 Å². The first-order valence-corrected chi connectivity index (χ1v) is 10.2. The van der Waals surface area contributed by atoms with Gasteiger partial charge in [-0.1, -0.05) is 64.4 Å². The van der Waals surface area contributed by atoms with Gasteiger partial charge in [-0.3, -0.25) is 9.59 Å². The van der Waals surface area contributed by atoms with Crippen molar-refractivity contribution in [3.05, 3.63) is 22.4 Å². The van der Waals surface area contributed by atoms with E-state index in [1.54, 1.807) is 17.6 Å². The van der Waals surface area contributed by atoms with Crippen molar-refractivity contribution < 1.29 is 9.59 Å². The van der Waals surface area contributed by atoms with Crippen LogP contribution in [0.5, 0.6) is 0 Å². The molecule has 0 fully saturated rings. The standard InChI is InChI=1S/C19H31N3O2S/c1-2-3-4-5-6-7-8-9-10-13-18(23)20-16-19(24)22-21-15-17-12-11-14-25-17/h11-12,14-15H,2-10,13,16H2,1H3,(H,20,23)(H,22,24)/b21-15-. The van der Waals surface area contributed by atoms with Crippen molar-refractivity contribution in [2.24, 2.45) is 5.10 Å². The molecule has 0 radical (unpaired) electrons. The Hall–Kier alpha value is -1.69. The number of carbonyl (C=O) groups is 2. The molecule has 1 aromatic rings. The Morgan fingerprint density at radius 1 is 1.04 bits per heavy atom. The number of rotatable bonds is 14. The number of amides is 2. The van der Waals surface area contributed by atoms with E-state index in [-0.39, 0.29) is 18.4 Å². The molecule has 0 bridgehead atoms. The van der Waals surface area contributed by atoms with Gasteiger partial charge in [-0.05, 0) is 17.9 Å². The van der Waals surface area contributed by atoms with Crippen LogP contribution in [0.3, 0.4) is 0 Å². The number of nitrogens with one attached hydrogen (secondary N) is 2. The summed E-state index contributed by atoms with van der Waals surface area (Å²) >= 11 is 1.54. The van der Waals surface area contributed by atoms with Gasteiger partial charge < -0.3 is 5.32 Å². The summed E-state index contributed by atoms with van der Waals surface area (Å²) in [4.78, 5) is 24.2. The number of nitrogens with zero attached hydrogens (tertiary/aromatic N) is 1. The van der Waals surface area contributed by atoms with Gasteiger partial charge in [-0.2, -0.15) is 5.10 Å². The Morgan fingerprint density at radius 3 is 2.36 bits per heavy atom. The maximum Gasteiger partial charge on any atom is 0.259 e. The second-order valence-corrected chi connectivity index (χ2v) is 7.14. The van der Waals surface area contributed by atoms with E-state index in [0.29, 0.717) is 6.42 Å². The van der Waals surface area contributed by atoms with Gasteiger partial charge in [0, 0.05) is 11.3 Å². The lowest BCUT2D eigenvalue weighted by Gasteiger charge is -2.04. The zero-order valence-corrected chi connectivity index (χ0v) is 16.1. The highest BCUT2D eigenvalue weighted by Gasteiger charge is 2.04. The number of hydrogen-bond acceptors (Lipinski definition) is 4. The van der Waals surface area contributed by atoms with E-state index in [4.69, 9.17) is 0 Å². The molecule has 140 valence electrons. The molecule has 1 aromatic heterocycles. The first-order chi connectivity index (χ1) is 12.2. The minimum atomic E-state index is -0.312. The summed E-state index contributed by atoms with van der Waals surface area (Å²) in [5.41, 5.74) is 2.40. The average Bonchev–Trinajstić information content (AvgIpc) is 3.12. The van der Waals surface area contributed by atoms with Gasteiger partial charge in [0.1, 0.15) is 0 Å². The van der Waals surface area contributed by atoms with Crippen LogP contribution in [0.15, 0.2) is 22.6 Å². The van der Waals surface area contributed by atoms with E-state index >= 15 is 0 Å². The van der Waals surface area contributed by atoms with Crippen LogP contribution in [-0.4, -0.2) is 24.6 Å². The largest absolute Gasteiger partial charge is 0.347 e. The molecular formula is C19H31N3O2S. The molecule has 0 aliphatic carbocycles. The average molecular weight is 366 g/mol. The van der Waals surface area contributed by atoms with Crippen molar-refractivity contribution in [2.45, 2.75) is 71.1 Å². The molecule has 0 saturated heterocycles. The first-order valence-electron chi connectivity index (χ1n) is 9.34. The maximum atomic E-state index is 11.7. The van der Waals surface area contributed by atoms with Gasteiger partial charge in [-0.25, -0.2) is 5.43 Å². The van der Waals surface area contributed by atoms with Crippen LogP contribution in [0.25, 0.3) is 0 Å². The summed E-state index contributed by atoms with van der Waals surface area (Å²) in [7, 11) is 0. The van der Waals surface area contributed by atoms with E-state index in [2.05, 4.69) is 22.8 Å². The quantitative estimate of drug-likeness (QED) is 0.294. The second kappa shape index (κ2) is 14.6. The van der Waals surface area contributed by atoms with Gasteiger partial charge in [0.25, 0.3) is 5.91 Å². The summed E-state index contributed by atoms with van der Waals surface area (Å²) in [6.07, 6.45) is 13.1. The molecule has 0 unspecified atom stereocenters. The third kappa shape index (κ3) is 12.3. The molecule has 0 aromatic carbocycles. The molecule has 0 spiro atoms. The first kappa shape index (κ1) is 21.4. The summed E-state index contributed by atoms with van der Waals surface area (Å²) in [6.45, 7) is 2.20. The van der Waals surface area contributed by atoms with Gasteiger partial charge in [-0.15, -0.1) is 11.3 Å². The van der Waals surface area contributed by atoms with E-state index < -0.39 is 0 Å². The SMILES string of the molecule is CCCCCCCCCCCC(=O)NCC(=O)N/N=C\c1cccs1. The van der Waals surface area contributed by atoms with Crippen molar-refractivity contribution in [3.8, 4) is 0 Å². The monoisotopic (exact) mass is 365 g/mol. The molecule has 25 heavy (non-hydrogen) atoms. The summed E-state index contributed by atoms with van der Waals surface area (Å²) < 4.78 is 0. The second-order valence-electron chi connectivity index (χ2n) is 6.16. The molecule has 0 saturated carbocycles. The van der Waals surface area contributed by atoms with E-state index in [9.17, 15) is 9.59 Å². The Bertz CT molecular complexity index is 501. The zero-order chi connectivity index (χ0) is 18.2. The molecule has 0 atom stereocenters. The van der Waals surface area contributed by atoms with Crippen LogP contribution in [0.4, 0.5) is 0 Å². The van der Waals surface area contributed by atoms with Crippen molar-refractivity contribution in [1.82, 2.24) is 10.7 Å². The van der Waals surface area contributed by atoms with Crippen LogP contribution in [0.2, 0.25) is 0 Å². The molecule has 5 nitrogen and oxygen atoms in total. The highest BCUT2D eigenvalue weighted by molar-refractivity contribution is 7.11. The van der Waals surface area contributed by atoms with Crippen molar-refractivity contribution in [2.75, 3.05) is 6.54 Å². The molecule has 6 heteroatoms. The van der Waals surface area contributed by atoms with Crippen LogP contribution in [0, 0.1) is 0 Å². The predicted octanol–water partition coefficient (Wildman–Crippen LogP) is 4.24. The molecule has 2 N–H and O–H groups in total.